The monoisotopic (exact) mass is 298 g/mol. The fourth-order valence-electron chi connectivity index (χ4n) is 2.96. The van der Waals surface area contributed by atoms with Gasteiger partial charge in [0.2, 0.25) is 0 Å². The first-order chi connectivity index (χ1) is 10.4. The summed E-state index contributed by atoms with van der Waals surface area (Å²) >= 11 is 5.73. The normalized spacial score (nSPS) is 15.5. The van der Waals surface area contributed by atoms with Gasteiger partial charge in [-0.15, -0.1) is 11.6 Å². The van der Waals surface area contributed by atoms with Gasteiger partial charge in [0.25, 0.3) is 0 Å². The first kappa shape index (κ1) is 14.3. The summed E-state index contributed by atoms with van der Waals surface area (Å²) < 4.78 is 6.25. The Labute approximate surface area is 131 Å². The third-order valence-corrected chi connectivity index (χ3v) is 4.15. The summed E-state index contributed by atoms with van der Waals surface area (Å²) in [7, 11) is 0. The van der Waals surface area contributed by atoms with Gasteiger partial charge >= 0.3 is 0 Å². The van der Waals surface area contributed by atoms with Crippen LogP contribution >= 0.6 is 11.6 Å². The van der Waals surface area contributed by atoms with Crippen LogP contribution < -0.4 is 4.74 Å². The van der Waals surface area contributed by atoms with E-state index in [1.54, 1.807) is 0 Å². The number of fused-ring (bicyclic) bond motifs is 1. The van der Waals surface area contributed by atoms with Crippen molar-refractivity contribution in [2.45, 2.75) is 38.2 Å². The van der Waals surface area contributed by atoms with Crippen LogP contribution in [0.25, 0.3) is 10.8 Å². The van der Waals surface area contributed by atoms with E-state index in [1.807, 2.05) is 12.1 Å². The number of hydrogen-bond donors (Lipinski definition) is 0. The predicted octanol–water partition coefficient (Wildman–Crippen LogP) is 5.14. The smallest absolute Gasteiger partial charge is 0.135 e. The Bertz CT molecular complexity index is 675. The van der Waals surface area contributed by atoms with Gasteiger partial charge in [-0.1, -0.05) is 48.6 Å². The SMILES string of the molecule is ClCC#Cc1c(OC2CCCCC2)ccc2ccccc12. The van der Waals surface area contributed by atoms with Gasteiger partial charge in [-0.05, 0) is 37.1 Å². The third-order valence-electron chi connectivity index (χ3n) is 4.02. The second-order valence-electron chi connectivity index (χ2n) is 5.47. The Morgan fingerprint density at radius 1 is 1.05 bits per heavy atom. The molecule has 0 amide bonds. The van der Waals surface area contributed by atoms with Gasteiger partial charge in [0.1, 0.15) is 5.75 Å². The highest BCUT2D eigenvalue weighted by Gasteiger charge is 2.17. The summed E-state index contributed by atoms with van der Waals surface area (Å²) in [6.07, 6.45) is 6.49. The molecule has 1 aliphatic rings. The highest BCUT2D eigenvalue weighted by molar-refractivity contribution is 6.19. The predicted molar refractivity (Wildman–Crippen MR) is 89.0 cm³/mol. The molecule has 3 rings (SSSR count). The zero-order chi connectivity index (χ0) is 14.5. The lowest BCUT2D eigenvalue weighted by Crippen LogP contribution is -2.20. The van der Waals surface area contributed by atoms with Crippen LogP contribution in [0.1, 0.15) is 37.7 Å². The molecule has 0 bridgehead atoms. The standard InChI is InChI=1S/C19H19ClO/c20-14-6-11-18-17-10-5-4-7-15(17)12-13-19(18)21-16-8-2-1-3-9-16/h4-5,7,10,12-13,16H,1-3,8-9,14H2. The number of halogens is 1. The average Bonchev–Trinajstić information content (AvgIpc) is 2.55. The highest BCUT2D eigenvalue weighted by Crippen LogP contribution is 2.30. The Morgan fingerprint density at radius 3 is 2.67 bits per heavy atom. The van der Waals surface area contributed by atoms with E-state index in [-0.39, 0.29) is 0 Å². The first-order valence-electron chi connectivity index (χ1n) is 7.62. The average molecular weight is 299 g/mol. The molecule has 2 aromatic rings. The second kappa shape index (κ2) is 6.87. The van der Waals surface area contributed by atoms with Crippen LogP contribution in [-0.2, 0) is 0 Å². The van der Waals surface area contributed by atoms with Crippen molar-refractivity contribution in [3.8, 4) is 17.6 Å². The highest BCUT2D eigenvalue weighted by atomic mass is 35.5. The molecule has 0 radical (unpaired) electrons. The minimum atomic E-state index is 0.330. The molecule has 2 aromatic carbocycles. The van der Waals surface area contributed by atoms with Crippen LogP contribution in [0.4, 0.5) is 0 Å². The molecule has 0 heterocycles. The van der Waals surface area contributed by atoms with E-state index in [2.05, 4.69) is 36.1 Å². The van der Waals surface area contributed by atoms with E-state index in [0.29, 0.717) is 12.0 Å². The van der Waals surface area contributed by atoms with Crippen LogP contribution in [0.15, 0.2) is 36.4 Å². The maximum atomic E-state index is 6.25. The van der Waals surface area contributed by atoms with Crippen LogP contribution in [0, 0.1) is 11.8 Å². The Kier molecular flexibility index (Phi) is 4.68. The maximum absolute atomic E-state index is 6.25. The third kappa shape index (κ3) is 3.34. The number of hydrogen-bond acceptors (Lipinski definition) is 1. The molecule has 108 valence electrons. The Morgan fingerprint density at radius 2 is 1.86 bits per heavy atom. The number of benzene rings is 2. The van der Waals surface area contributed by atoms with E-state index in [1.165, 1.54) is 24.6 Å². The van der Waals surface area contributed by atoms with E-state index in [9.17, 15) is 0 Å². The zero-order valence-electron chi connectivity index (χ0n) is 12.1. The molecule has 1 fully saturated rings. The lowest BCUT2D eigenvalue weighted by molar-refractivity contribution is 0.155. The molecule has 0 atom stereocenters. The Balaban J connectivity index is 1.99. The molecule has 1 aliphatic carbocycles. The molecule has 0 N–H and O–H groups in total. The van der Waals surface area contributed by atoms with Crippen molar-refractivity contribution in [3.05, 3.63) is 42.0 Å². The fraction of sp³-hybridized carbons (Fsp3) is 0.368. The van der Waals surface area contributed by atoms with Crippen molar-refractivity contribution in [1.82, 2.24) is 0 Å². The molecular formula is C19H19ClO. The first-order valence-corrected chi connectivity index (χ1v) is 8.15. The van der Waals surface area contributed by atoms with Gasteiger partial charge in [-0.25, -0.2) is 0 Å². The fourth-order valence-corrected chi connectivity index (χ4v) is 3.03. The molecule has 21 heavy (non-hydrogen) atoms. The van der Waals surface area contributed by atoms with Gasteiger partial charge in [-0.2, -0.15) is 0 Å². The lowest BCUT2D eigenvalue weighted by atomic mass is 9.97. The maximum Gasteiger partial charge on any atom is 0.135 e. The van der Waals surface area contributed by atoms with Gasteiger partial charge in [-0.3, -0.25) is 0 Å². The molecule has 0 aliphatic heterocycles. The van der Waals surface area contributed by atoms with Gasteiger partial charge in [0.05, 0.1) is 17.5 Å². The van der Waals surface area contributed by atoms with Gasteiger partial charge in [0, 0.05) is 5.39 Å². The second-order valence-corrected chi connectivity index (χ2v) is 5.74. The van der Waals surface area contributed by atoms with Crippen molar-refractivity contribution >= 4 is 22.4 Å². The van der Waals surface area contributed by atoms with E-state index in [4.69, 9.17) is 16.3 Å². The number of ether oxygens (including phenoxy) is 1. The lowest BCUT2D eigenvalue weighted by Gasteiger charge is -2.24. The van der Waals surface area contributed by atoms with Crippen molar-refractivity contribution in [2.24, 2.45) is 0 Å². The van der Waals surface area contributed by atoms with Crippen molar-refractivity contribution < 1.29 is 4.74 Å². The zero-order valence-corrected chi connectivity index (χ0v) is 12.8. The molecule has 0 unspecified atom stereocenters. The summed E-state index contributed by atoms with van der Waals surface area (Å²) in [4.78, 5) is 0. The molecule has 1 nitrogen and oxygen atoms in total. The van der Waals surface area contributed by atoms with E-state index < -0.39 is 0 Å². The van der Waals surface area contributed by atoms with Crippen molar-refractivity contribution in [1.29, 1.82) is 0 Å². The minimum Gasteiger partial charge on any atom is -0.489 e. The molecule has 1 saturated carbocycles. The number of rotatable bonds is 2. The quantitative estimate of drug-likeness (QED) is 0.551. The largest absolute Gasteiger partial charge is 0.489 e. The summed E-state index contributed by atoms with van der Waals surface area (Å²) in [5.74, 6) is 7.40. The van der Waals surface area contributed by atoms with Gasteiger partial charge in [0.15, 0.2) is 0 Å². The van der Waals surface area contributed by atoms with Crippen molar-refractivity contribution in [2.75, 3.05) is 5.88 Å². The topological polar surface area (TPSA) is 9.23 Å². The van der Waals surface area contributed by atoms with Crippen LogP contribution in [0.3, 0.4) is 0 Å². The molecule has 0 aromatic heterocycles. The summed E-state index contributed by atoms with van der Waals surface area (Å²) in [5.41, 5.74) is 0.972. The van der Waals surface area contributed by atoms with Crippen LogP contribution in [0.2, 0.25) is 0 Å². The van der Waals surface area contributed by atoms with Crippen LogP contribution in [-0.4, -0.2) is 12.0 Å². The van der Waals surface area contributed by atoms with Crippen LogP contribution in [0.5, 0.6) is 5.75 Å². The van der Waals surface area contributed by atoms with Crippen molar-refractivity contribution in [3.63, 3.8) is 0 Å². The summed E-state index contributed by atoms with van der Waals surface area (Å²) in [6.45, 7) is 0. The summed E-state index contributed by atoms with van der Waals surface area (Å²) in [5, 5.41) is 2.33. The molecular weight excluding hydrogens is 280 g/mol. The number of alkyl halides is 1. The molecule has 2 heteroatoms. The van der Waals surface area contributed by atoms with Gasteiger partial charge < -0.3 is 4.74 Å². The van der Waals surface area contributed by atoms with E-state index in [0.717, 1.165) is 29.5 Å². The minimum absolute atomic E-state index is 0.330. The molecule has 0 spiro atoms. The van der Waals surface area contributed by atoms with E-state index >= 15 is 0 Å². The summed E-state index contributed by atoms with van der Waals surface area (Å²) in [6, 6.07) is 12.4. The molecule has 0 saturated heterocycles. The Hall–Kier alpha value is -1.65.